The number of aromatic nitrogens is 2. The summed E-state index contributed by atoms with van der Waals surface area (Å²) in [5.41, 5.74) is 3.16. The van der Waals surface area contributed by atoms with Crippen LogP contribution >= 0.6 is 0 Å². The van der Waals surface area contributed by atoms with Crippen molar-refractivity contribution >= 4 is 11.4 Å². The van der Waals surface area contributed by atoms with Gasteiger partial charge in [-0.15, -0.1) is 0 Å². The number of nitrogens with zero attached hydrogens (tertiary/aromatic N) is 3. The molecule has 0 saturated carbocycles. The molecular formula is C14H18N4O3. The first kappa shape index (κ1) is 15.0. The molecule has 1 heterocycles. The summed E-state index contributed by atoms with van der Waals surface area (Å²) in [6, 6.07) is 6.07. The zero-order valence-corrected chi connectivity index (χ0v) is 12.0. The van der Waals surface area contributed by atoms with E-state index < -0.39 is 11.0 Å². The van der Waals surface area contributed by atoms with Crippen LogP contribution in [0.25, 0.3) is 0 Å². The highest BCUT2D eigenvalue weighted by Crippen LogP contribution is 2.14. The van der Waals surface area contributed by atoms with Gasteiger partial charge in [0.2, 0.25) is 0 Å². The molecular weight excluding hydrogens is 272 g/mol. The minimum absolute atomic E-state index is 0.0792. The quantitative estimate of drug-likeness (QED) is 0.626. The van der Waals surface area contributed by atoms with Crippen LogP contribution in [0, 0.1) is 24.0 Å². The Morgan fingerprint density at radius 2 is 2.05 bits per heavy atom. The highest BCUT2D eigenvalue weighted by atomic mass is 16.6. The van der Waals surface area contributed by atoms with E-state index in [1.807, 2.05) is 26.0 Å². The molecule has 0 aliphatic carbocycles. The first-order valence-corrected chi connectivity index (χ1v) is 6.61. The van der Waals surface area contributed by atoms with Gasteiger partial charge in [0.15, 0.2) is 0 Å². The van der Waals surface area contributed by atoms with E-state index in [1.165, 1.54) is 17.1 Å². The number of aliphatic hydroxyl groups is 1. The summed E-state index contributed by atoms with van der Waals surface area (Å²) in [4.78, 5) is 10.0. The average Bonchev–Trinajstić information content (AvgIpc) is 2.84. The zero-order chi connectivity index (χ0) is 15.4. The Balaban J connectivity index is 1.89. The minimum Gasteiger partial charge on any atom is -0.389 e. The molecule has 2 rings (SSSR count). The van der Waals surface area contributed by atoms with Crippen molar-refractivity contribution in [2.75, 3.05) is 11.9 Å². The molecule has 0 aliphatic rings. The van der Waals surface area contributed by atoms with Gasteiger partial charge in [-0.25, -0.2) is 0 Å². The number of aryl methyl sites for hydroxylation is 2. The molecule has 0 bridgehead atoms. The van der Waals surface area contributed by atoms with Gasteiger partial charge in [0.05, 0.1) is 17.6 Å². The van der Waals surface area contributed by atoms with Crippen LogP contribution in [0.3, 0.4) is 0 Å². The van der Waals surface area contributed by atoms with E-state index in [1.54, 1.807) is 0 Å². The van der Waals surface area contributed by atoms with Gasteiger partial charge in [0.25, 0.3) is 0 Å². The van der Waals surface area contributed by atoms with Crippen molar-refractivity contribution in [2.24, 2.45) is 0 Å². The molecule has 112 valence electrons. The summed E-state index contributed by atoms with van der Waals surface area (Å²) in [7, 11) is 0. The lowest BCUT2D eigenvalue weighted by Gasteiger charge is -2.13. The fourth-order valence-electron chi connectivity index (χ4n) is 2.14. The van der Waals surface area contributed by atoms with Gasteiger partial charge in [-0.2, -0.15) is 5.10 Å². The molecule has 0 fully saturated rings. The summed E-state index contributed by atoms with van der Waals surface area (Å²) >= 11 is 0. The fourth-order valence-corrected chi connectivity index (χ4v) is 2.14. The molecule has 1 atom stereocenters. The van der Waals surface area contributed by atoms with Gasteiger partial charge in [0.1, 0.15) is 12.4 Å². The molecule has 0 amide bonds. The topological polar surface area (TPSA) is 93.2 Å². The lowest BCUT2D eigenvalue weighted by molar-refractivity contribution is -0.385. The Labute approximate surface area is 122 Å². The van der Waals surface area contributed by atoms with Crippen LogP contribution in [0.2, 0.25) is 0 Å². The van der Waals surface area contributed by atoms with Crippen molar-refractivity contribution < 1.29 is 10.0 Å². The summed E-state index contributed by atoms with van der Waals surface area (Å²) < 4.78 is 1.37. The molecule has 1 unspecified atom stereocenters. The Morgan fingerprint density at radius 1 is 1.38 bits per heavy atom. The summed E-state index contributed by atoms with van der Waals surface area (Å²) in [6.07, 6.45) is 1.79. The van der Waals surface area contributed by atoms with E-state index in [9.17, 15) is 15.2 Å². The minimum atomic E-state index is -0.690. The summed E-state index contributed by atoms with van der Waals surface area (Å²) in [6.45, 7) is 4.57. The second kappa shape index (κ2) is 6.36. The maximum absolute atomic E-state index is 10.6. The Hall–Kier alpha value is -2.41. The van der Waals surface area contributed by atoms with Gasteiger partial charge in [-0.1, -0.05) is 6.07 Å². The highest BCUT2D eigenvalue weighted by Gasteiger charge is 2.11. The molecule has 0 spiro atoms. The van der Waals surface area contributed by atoms with E-state index in [-0.39, 0.29) is 12.2 Å². The van der Waals surface area contributed by atoms with E-state index in [0.717, 1.165) is 16.8 Å². The largest absolute Gasteiger partial charge is 0.389 e. The summed E-state index contributed by atoms with van der Waals surface area (Å²) in [5.74, 6) is 0. The average molecular weight is 290 g/mol. The Morgan fingerprint density at radius 3 is 2.62 bits per heavy atom. The maximum atomic E-state index is 10.6. The highest BCUT2D eigenvalue weighted by molar-refractivity contribution is 5.48. The van der Waals surface area contributed by atoms with Gasteiger partial charge in [-0.05, 0) is 37.1 Å². The van der Waals surface area contributed by atoms with Crippen molar-refractivity contribution in [2.45, 2.75) is 26.5 Å². The number of benzene rings is 1. The van der Waals surface area contributed by atoms with Crippen LogP contribution in [0.4, 0.5) is 11.4 Å². The molecule has 0 saturated heterocycles. The van der Waals surface area contributed by atoms with E-state index in [2.05, 4.69) is 16.5 Å². The standard InChI is InChI=1S/C14H18N4O3/c1-10-3-11(2)5-12(4-10)15-7-14(19)9-17-8-13(6-16-17)18(20)21/h3-6,8,14-15,19H,7,9H2,1-2H3. The van der Waals surface area contributed by atoms with Crippen LogP contribution in [-0.2, 0) is 6.54 Å². The molecule has 1 aromatic heterocycles. The second-order valence-corrected chi connectivity index (χ2v) is 5.09. The predicted molar refractivity (Wildman–Crippen MR) is 79.3 cm³/mol. The molecule has 7 heteroatoms. The van der Waals surface area contributed by atoms with Crippen molar-refractivity contribution in [1.82, 2.24) is 9.78 Å². The van der Waals surface area contributed by atoms with Crippen LogP contribution < -0.4 is 5.32 Å². The number of rotatable bonds is 6. The van der Waals surface area contributed by atoms with Crippen molar-refractivity contribution in [3.63, 3.8) is 0 Å². The zero-order valence-electron chi connectivity index (χ0n) is 12.0. The molecule has 2 N–H and O–H groups in total. The Kier molecular flexibility index (Phi) is 4.54. The molecule has 1 aromatic carbocycles. The molecule has 21 heavy (non-hydrogen) atoms. The monoisotopic (exact) mass is 290 g/mol. The number of anilines is 1. The normalized spacial score (nSPS) is 12.1. The van der Waals surface area contributed by atoms with Crippen LogP contribution in [0.15, 0.2) is 30.6 Å². The number of hydrogen-bond acceptors (Lipinski definition) is 5. The van der Waals surface area contributed by atoms with Crippen LogP contribution in [0.5, 0.6) is 0 Å². The SMILES string of the molecule is Cc1cc(C)cc(NCC(O)Cn2cc([N+](=O)[O-])cn2)c1. The lowest BCUT2D eigenvalue weighted by atomic mass is 10.1. The maximum Gasteiger partial charge on any atom is 0.306 e. The lowest BCUT2D eigenvalue weighted by Crippen LogP contribution is -2.25. The van der Waals surface area contributed by atoms with Crippen molar-refractivity contribution in [3.05, 3.63) is 51.8 Å². The number of nitrogens with one attached hydrogen (secondary N) is 1. The van der Waals surface area contributed by atoms with Crippen LogP contribution in [0.1, 0.15) is 11.1 Å². The van der Waals surface area contributed by atoms with Gasteiger partial charge in [0, 0.05) is 12.2 Å². The van der Waals surface area contributed by atoms with Crippen molar-refractivity contribution in [3.8, 4) is 0 Å². The molecule has 2 aromatic rings. The second-order valence-electron chi connectivity index (χ2n) is 5.09. The number of aliphatic hydroxyl groups excluding tert-OH is 1. The first-order chi connectivity index (χ1) is 9.94. The molecule has 0 radical (unpaired) electrons. The predicted octanol–water partition coefficient (Wildman–Crippen LogP) is 1.88. The Bertz CT molecular complexity index is 619. The van der Waals surface area contributed by atoms with Gasteiger partial charge in [-0.3, -0.25) is 14.8 Å². The van der Waals surface area contributed by atoms with Gasteiger partial charge >= 0.3 is 5.69 Å². The van der Waals surface area contributed by atoms with E-state index >= 15 is 0 Å². The smallest absolute Gasteiger partial charge is 0.306 e. The third-order valence-corrected chi connectivity index (χ3v) is 2.99. The third kappa shape index (κ3) is 4.28. The third-order valence-electron chi connectivity index (χ3n) is 2.99. The fraction of sp³-hybridized carbons (Fsp3) is 0.357. The first-order valence-electron chi connectivity index (χ1n) is 6.61. The van der Waals surface area contributed by atoms with E-state index in [4.69, 9.17) is 0 Å². The molecule has 0 aliphatic heterocycles. The van der Waals surface area contributed by atoms with Gasteiger partial charge < -0.3 is 10.4 Å². The van der Waals surface area contributed by atoms with Crippen LogP contribution in [-0.4, -0.2) is 32.5 Å². The number of hydrogen-bond donors (Lipinski definition) is 2. The summed E-state index contributed by atoms with van der Waals surface area (Å²) in [5, 5.41) is 27.5. The van der Waals surface area contributed by atoms with Crippen molar-refractivity contribution in [1.29, 1.82) is 0 Å². The van der Waals surface area contributed by atoms with E-state index in [0.29, 0.717) is 6.54 Å². The number of nitro groups is 1. The molecule has 7 nitrogen and oxygen atoms in total.